The van der Waals surface area contributed by atoms with Crippen molar-refractivity contribution in [3.8, 4) is 0 Å². The van der Waals surface area contributed by atoms with E-state index in [1.54, 1.807) is 0 Å². The zero-order valence-electron chi connectivity index (χ0n) is 10.5. The van der Waals surface area contributed by atoms with Crippen LogP contribution in [0, 0.1) is 0 Å². The number of aromatic nitrogens is 1. The van der Waals surface area contributed by atoms with Gasteiger partial charge in [0.25, 0.3) is 11.8 Å². The van der Waals surface area contributed by atoms with Gasteiger partial charge < -0.3 is 5.32 Å². The number of amides is 3. The van der Waals surface area contributed by atoms with Crippen LogP contribution in [0.4, 0.5) is 0 Å². The molecule has 3 amide bonds. The van der Waals surface area contributed by atoms with Crippen LogP contribution in [0.15, 0.2) is 16.7 Å². The molecular weight excluding hydrogens is 350 g/mol. The van der Waals surface area contributed by atoms with Crippen LogP contribution in [0.1, 0.15) is 23.2 Å². The van der Waals surface area contributed by atoms with Crippen molar-refractivity contribution in [3.05, 3.63) is 27.5 Å². The minimum absolute atomic E-state index is 0.0541. The molecule has 0 spiro atoms. The number of likely N-dealkylation sites (tertiary alicyclic amines) is 1. The Kier molecular flexibility index (Phi) is 4.39. The van der Waals surface area contributed by atoms with Crippen LogP contribution in [0.25, 0.3) is 0 Å². The standard InChI is InChI=1S/C12H11BrClN3O3/c1-17-9(18)3-2-8(12(17)20)16-11(19)7-4-6(13)5-15-10(7)14/h4-5,8H,2-3H2,1H3,(H,16,19). The molecule has 0 saturated carbocycles. The van der Waals surface area contributed by atoms with E-state index in [2.05, 4.69) is 26.2 Å². The van der Waals surface area contributed by atoms with E-state index >= 15 is 0 Å². The number of halogens is 2. The number of pyridine rings is 1. The number of nitrogens with one attached hydrogen (secondary N) is 1. The summed E-state index contributed by atoms with van der Waals surface area (Å²) in [4.78, 5) is 40.2. The van der Waals surface area contributed by atoms with Gasteiger partial charge in [-0.3, -0.25) is 19.3 Å². The number of rotatable bonds is 2. The van der Waals surface area contributed by atoms with E-state index in [0.29, 0.717) is 4.47 Å². The first-order chi connectivity index (χ1) is 9.40. The van der Waals surface area contributed by atoms with E-state index in [-0.39, 0.29) is 29.5 Å². The molecule has 1 aliphatic heterocycles. The summed E-state index contributed by atoms with van der Waals surface area (Å²) in [6, 6.07) is 0.799. The normalized spacial score (nSPS) is 19.1. The van der Waals surface area contributed by atoms with Gasteiger partial charge in [0, 0.05) is 24.1 Å². The second kappa shape index (κ2) is 5.88. The Morgan fingerprint density at radius 1 is 1.55 bits per heavy atom. The second-order valence-electron chi connectivity index (χ2n) is 4.35. The summed E-state index contributed by atoms with van der Waals surface area (Å²) < 4.78 is 0.606. The number of carbonyl (C=O) groups is 3. The predicted molar refractivity (Wildman–Crippen MR) is 75.2 cm³/mol. The summed E-state index contributed by atoms with van der Waals surface area (Å²) in [5.41, 5.74) is 0.174. The maximum absolute atomic E-state index is 12.1. The van der Waals surface area contributed by atoms with Gasteiger partial charge >= 0.3 is 0 Å². The lowest BCUT2D eigenvalue weighted by atomic mass is 10.0. The molecule has 20 heavy (non-hydrogen) atoms. The molecule has 0 radical (unpaired) electrons. The fraction of sp³-hybridized carbons (Fsp3) is 0.333. The summed E-state index contributed by atoms with van der Waals surface area (Å²) in [5, 5.41) is 2.63. The quantitative estimate of drug-likeness (QED) is 0.638. The summed E-state index contributed by atoms with van der Waals surface area (Å²) >= 11 is 9.05. The zero-order chi connectivity index (χ0) is 14.9. The molecule has 0 bridgehead atoms. The Morgan fingerprint density at radius 3 is 2.95 bits per heavy atom. The molecule has 1 saturated heterocycles. The largest absolute Gasteiger partial charge is 0.340 e. The van der Waals surface area contributed by atoms with Crippen molar-refractivity contribution in [3.63, 3.8) is 0 Å². The fourth-order valence-corrected chi connectivity index (χ4v) is 2.39. The van der Waals surface area contributed by atoms with Crippen molar-refractivity contribution in [2.45, 2.75) is 18.9 Å². The van der Waals surface area contributed by atoms with Crippen molar-refractivity contribution in [2.24, 2.45) is 0 Å². The molecule has 8 heteroatoms. The van der Waals surface area contributed by atoms with Crippen LogP contribution in [0.2, 0.25) is 5.15 Å². The van der Waals surface area contributed by atoms with E-state index in [0.717, 1.165) is 4.90 Å². The lowest BCUT2D eigenvalue weighted by molar-refractivity contribution is -0.147. The maximum atomic E-state index is 12.1. The van der Waals surface area contributed by atoms with Gasteiger partial charge in [0.1, 0.15) is 11.2 Å². The number of imide groups is 1. The topological polar surface area (TPSA) is 79.4 Å². The van der Waals surface area contributed by atoms with E-state index < -0.39 is 17.9 Å². The van der Waals surface area contributed by atoms with Gasteiger partial charge in [-0.05, 0) is 28.4 Å². The summed E-state index contributed by atoms with van der Waals surface area (Å²) in [5.74, 6) is -1.17. The first kappa shape index (κ1) is 14.9. The van der Waals surface area contributed by atoms with Gasteiger partial charge in [0.2, 0.25) is 5.91 Å². The molecule has 1 N–H and O–H groups in total. The minimum atomic E-state index is -0.722. The first-order valence-electron chi connectivity index (χ1n) is 5.82. The predicted octanol–water partition coefficient (Wildman–Crippen LogP) is 1.37. The average Bonchev–Trinajstić information content (AvgIpc) is 2.42. The molecule has 2 rings (SSSR count). The molecular formula is C12H11BrClN3O3. The fourth-order valence-electron chi connectivity index (χ4n) is 1.87. The van der Waals surface area contributed by atoms with Crippen molar-refractivity contribution >= 4 is 45.3 Å². The highest BCUT2D eigenvalue weighted by atomic mass is 79.9. The van der Waals surface area contributed by atoms with Crippen LogP contribution in [-0.2, 0) is 9.59 Å². The van der Waals surface area contributed by atoms with E-state index in [1.165, 1.54) is 19.3 Å². The summed E-state index contributed by atoms with van der Waals surface area (Å²) in [6.07, 6.45) is 1.97. The Hall–Kier alpha value is -1.47. The third-order valence-electron chi connectivity index (χ3n) is 3.01. The number of hydrogen-bond donors (Lipinski definition) is 1. The van der Waals surface area contributed by atoms with Gasteiger partial charge in [0.05, 0.1) is 5.56 Å². The van der Waals surface area contributed by atoms with Gasteiger partial charge in [-0.15, -0.1) is 0 Å². The third kappa shape index (κ3) is 2.99. The highest BCUT2D eigenvalue weighted by Crippen LogP contribution is 2.19. The van der Waals surface area contributed by atoms with Crippen LogP contribution >= 0.6 is 27.5 Å². The molecule has 2 heterocycles. The molecule has 1 fully saturated rings. The van der Waals surface area contributed by atoms with Crippen LogP contribution in [-0.4, -0.2) is 40.7 Å². The highest BCUT2D eigenvalue weighted by Gasteiger charge is 2.33. The van der Waals surface area contributed by atoms with E-state index in [1.807, 2.05) is 0 Å². The lowest BCUT2D eigenvalue weighted by Gasteiger charge is -2.28. The second-order valence-corrected chi connectivity index (χ2v) is 5.62. The maximum Gasteiger partial charge on any atom is 0.255 e. The van der Waals surface area contributed by atoms with Gasteiger partial charge in [0.15, 0.2) is 0 Å². The molecule has 1 atom stereocenters. The monoisotopic (exact) mass is 359 g/mol. The van der Waals surface area contributed by atoms with Crippen molar-refractivity contribution in [1.82, 2.24) is 15.2 Å². The van der Waals surface area contributed by atoms with E-state index in [9.17, 15) is 14.4 Å². The molecule has 6 nitrogen and oxygen atoms in total. The number of likely N-dealkylation sites (N-methyl/N-ethyl adjacent to an activating group) is 1. The van der Waals surface area contributed by atoms with Crippen LogP contribution in [0.3, 0.4) is 0 Å². The smallest absolute Gasteiger partial charge is 0.255 e. The van der Waals surface area contributed by atoms with Crippen LogP contribution in [0.5, 0.6) is 0 Å². The van der Waals surface area contributed by atoms with Gasteiger partial charge in [-0.1, -0.05) is 11.6 Å². The Balaban J connectivity index is 2.14. The molecule has 1 aromatic rings. The Morgan fingerprint density at radius 2 is 2.25 bits per heavy atom. The summed E-state index contributed by atoms with van der Waals surface area (Å²) in [7, 11) is 1.40. The van der Waals surface area contributed by atoms with Gasteiger partial charge in [-0.25, -0.2) is 4.98 Å². The third-order valence-corrected chi connectivity index (χ3v) is 3.74. The number of carbonyl (C=O) groups excluding carboxylic acids is 3. The highest BCUT2D eigenvalue weighted by molar-refractivity contribution is 9.10. The number of hydrogen-bond acceptors (Lipinski definition) is 4. The number of nitrogens with zero attached hydrogens (tertiary/aromatic N) is 2. The average molecular weight is 361 g/mol. The molecule has 1 aromatic heterocycles. The Labute approximate surface area is 128 Å². The molecule has 1 aliphatic rings. The SMILES string of the molecule is CN1C(=O)CCC(NC(=O)c2cc(Br)cnc2Cl)C1=O. The molecule has 1 unspecified atom stereocenters. The molecule has 106 valence electrons. The first-order valence-corrected chi connectivity index (χ1v) is 6.99. The lowest BCUT2D eigenvalue weighted by Crippen LogP contribution is -2.52. The summed E-state index contributed by atoms with van der Waals surface area (Å²) in [6.45, 7) is 0. The van der Waals surface area contributed by atoms with Crippen molar-refractivity contribution in [1.29, 1.82) is 0 Å². The van der Waals surface area contributed by atoms with E-state index in [4.69, 9.17) is 11.6 Å². The molecule has 0 aromatic carbocycles. The van der Waals surface area contributed by atoms with Crippen LogP contribution < -0.4 is 5.32 Å². The van der Waals surface area contributed by atoms with Crippen molar-refractivity contribution < 1.29 is 14.4 Å². The minimum Gasteiger partial charge on any atom is -0.340 e. The molecule has 0 aliphatic carbocycles. The number of piperidine rings is 1. The zero-order valence-corrected chi connectivity index (χ0v) is 12.9. The van der Waals surface area contributed by atoms with Gasteiger partial charge in [-0.2, -0.15) is 0 Å². The van der Waals surface area contributed by atoms with Crippen molar-refractivity contribution in [2.75, 3.05) is 7.05 Å². The Bertz CT molecular complexity index is 593.